The SMILES string of the molecule is C/C(=C\CCOC(=O)c1ccccc1)C(=O)c1ccc(Sc2ccccc2)cc1. The highest BCUT2D eigenvalue weighted by Gasteiger charge is 2.09. The number of allylic oxidation sites excluding steroid dienone is 1. The number of carbonyl (C=O) groups excluding carboxylic acids is 2. The highest BCUT2D eigenvalue weighted by Crippen LogP contribution is 2.27. The van der Waals surface area contributed by atoms with Gasteiger partial charge in [0.25, 0.3) is 0 Å². The zero-order valence-corrected chi connectivity index (χ0v) is 17.0. The standard InChI is InChI=1S/C25H22O3S/c1-19(9-8-18-28-25(27)21-10-4-2-5-11-21)24(26)20-14-16-23(17-15-20)29-22-12-6-3-7-13-22/h2-7,9-17H,8,18H2,1H3/b19-9+. The van der Waals surface area contributed by atoms with Crippen molar-refractivity contribution in [2.75, 3.05) is 6.61 Å². The van der Waals surface area contributed by atoms with E-state index >= 15 is 0 Å². The second-order valence-corrected chi connectivity index (χ2v) is 7.59. The lowest BCUT2D eigenvalue weighted by Gasteiger charge is -2.05. The monoisotopic (exact) mass is 402 g/mol. The normalized spacial score (nSPS) is 11.1. The van der Waals surface area contributed by atoms with Crippen LogP contribution < -0.4 is 0 Å². The Labute approximate surface area is 175 Å². The Morgan fingerprint density at radius 2 is 1.38 bits per heavy atom. The van der Waals surface area contributed by atoms with E-state index in [9.17, 15) is 9.59 Å². The quantitative estimate of drug-likeness (QED) is 0.194. The molecule has 4 heteroatoms. The lowest BCUT2D eigenvalue weighted by molar-refractivity contribution is 0.0511. The van der Waals surface area contributed by atoms with Gasteiger partial charge in [-0.05, 0) is 61.0 Å². The van der Waals surface area contributed by atoms with Crippen molar-refractivity contribution in [1.82, 2.24) is 0 Å². The molecular weight excluding hydrogens is 380 g/mol. The van der Waals surface area contributed by atoms with Crippen LogP contribution in [0.15, 0.2) is 106 Å². The van der Waals surface area contributed by atoms with Crippen LogP contribution in [0.2, 0.25) is 0 Å². The molecule has 3 aromatic rings. The predicted octanol–water partition coefficient (Wildman–Crippen LogP) is 6.21. The van der Waals surface area contributed by atoms with Crippen LogP contribution in [0.5, 0.6) is 0 Å². The molecule has 0 amide bonds. The van der Waals surface area contributed by atoms with Crippen LogP contribution in [-0.4, -0.2) is 18.4 Å². The summed E-state index contributed by atoms with van der Waals surface area (Å²) in [6, 6.07) is 26.6. The topological polar surface area (TPSA) is 43.4 Å². The molecule has 0 unspecified atom stereocenters. The summed E-state index contributed by atoms with van der Waals surface area (Å²) in [4.78, 5) is 26.7. The Morgan fingerprint density at radius 1 is 0.793 bits per heavy atom. The van der Waals surface area contributed by atoms with E-state index in [1.165, 1.54) is 0 Å². The van der Waals surface area contributed by atoms with Gasteiger partial charge in [-0.2, -0.15) is 0 Å². The van der Waals surface area contributed by atoms with E-state index < -0.39 is 0 Å². The van der Waals surface area contributed by atoms with E-state index in [0.29, 0.717) is 23.1 Å². The van der Waals surface area contributed by atoms with Gasteiger partial charge >= 0.3 is 5.97 Å². The number of hydrogen-bond acceptors (Lipinski definition) is 4. The molecule has 29 heavy (non-hydrogen) atoms. The van der Waals surface area contributed by atoms with E-state index in [-0.39, 0.29) is 18.4 Å². The van der Waals surface area contributed by atoms with Gasteiger partial charge in [-0.3, -0.25) is 4.79 Å². The number of ether oxygens (including phenoxy) is 1. The Bertz CT molecular complexity index is 978. The van der Waals surface area contributed by atoms with Crippen molar-refractivity contribution in [3.63, 3.8) is 0 Å². The molecule has 3 nitrogen and oxygen atoms in total. The number of esters is 1. The zero-order valence-electron chi connectivity index (χ0n) is 16.2. The van der Waals surface area contributed by atoms with Crippen LogP contribution in [0, 0.1) is 0 Å². The molecule has 0 N–H and O–H groups in total. The summed E-state index contributed by atoms with van der Waals surface area (Å²) < 4.78 is 5.24. The summed E-state index contributed by atoms with van der Waals surface area (Å²) in [7, 11) is 0. The number of benzene rings is 3. The first-order valence-electron chi connectivity index (χ1n) is 9.40. The summed E-state index contributed by atoms with van der Waals surface area (Å²) in [5.41, 5.74) is 1.82. The summed E-state index contributed by atoms with van der Waals surface area (Å²) in [5.74, 6) is -0.370. The minimum absolute atomic E-state index is 0.0179. The van der Waals surface area contributed by atoms with E-state index in [0.717, 1.165) is 9.79 Å². The second kappa shape index (κ2) is 10.4. The Hall–Kier alpha value is -3.11. The first kappa shape index (κ1) is 20.6. The third kappa shape index (κ3) is 6.19. The van der Waals surface area contributed by atoms with Crippen molar-refractivity contribution in [3.05, 3.63) is 108 Å². The smallest absolute Gasteiger partial charge is 0.338 e. The molecule has 0 aliphatic heterocycles. The van der Waals surface area contributed by atoms with Crippen LogP contribution in [-0.2, 0) is 4.74 Å². The maximum absolute atomic E-state index is 12.6. The molecular formula is C25H22O3S. The molecule has 146 valence electrons. The van der Waals surface area contributed by atoms with Gasteiger partial charge in [-0.15, -0.1) is 0 Å². The summed E-state index contributed by atoms with van der Waals surface area (Å²) in [6.07, 6.45) is 2.31. The molecule has 0 fully saturated rings. The molecule has 0 saturated carbocycles. The maximum atomic E-state index is 12.6. The molecule has 0 bridgehead atoms. The number of hydrogen-bond donors (Lipinski definition) is 0. The van der Waals surface area contributed by atoms with Gasteiger partial charge in [0, 0.05) is 21.8 Å². The minimum Gasteiger partial charge on any atom is -0.462 e. The fraction of sp³-hybridized carbons (Fsp3) is 0.120. The lowest BCUT2D eigenvalue weighted by Crippen LogP contribution is -2.06. The predicted molar refractivity (Wildman–Crippen MR) is 116 cm³/mol. The molecule has 0 radical (unpaired) electrons. The molecule has 0 saturated heterocycles. The number of ketones is 1. The Kier molecular flexibility index (Phi) is 7.42. The highest BCUT2D eigenvalue weighted by atomic mass is 32.2. The molecule has 3 rings (SSSR count). The van der Waals surface area contributed by atoms with Crippen molar-refractivity contribution in [1.29, 1.82) is 0 Å². The average Bonchev–Trinajstić information content (AvgIpc) is 2.77. The van der Waals surface area contributed by atoms with Gasteiger partial charge in [0.15, 0.2) is 5.78 Å². The van der Waals surface area contributed by atoms with E-state index in [1.807, 2.05) is 54.6 Å². The summed E-state index contributed by atoms with van der Waals surface area (Å²) >= 11 is 1.66. The molecule has 3 aromatic carbocycles. The molecule has 0 atom stereocenters. The average molecular weight is 403 g/mol. The fourth-order valence-electron chi connectivity index (χ4n) is 2.70. The molecule has 0 aliphatic rings. The molecule has 0 aromatic heterocycles. The summed E-state index contributed by atoms with van der Waals surface area (Å²) in [5, 5.41) is 0. The molecule has 0 aliphatic carbocycles. The maximum Gasteiger partial charge on any atom is 0.338 e. The Morgan fingerprint density at radius 3 is 2.03 bits per heavy atom. The van der Waals surface area contributed by atoms with Crippen molar-refractivity contribution < 1.29 is 14.3 Å². The third-order valence-corrected chi connectivity index (χ3v) is 5.28. The fourth-order valence-corrected chi connectivity index (χ4v) is 3.54. The molecule has 0 spiro atoms. The van der Waals surface area contributed by atoms with Crippen LogP contribution in [0.25, 0.3) is 0 Å². The van der Waals surface area contributed by atoms with Crippen LogP contribution in [0.1, 0.15) is 34.1 Å². The van der Waals surface area contributed by atoms with Crippen molar-refractivity contribution in [2.24, 2.45) is 0 Å². The lowest BCUT2D eigenvalue weighted by atomic mass is 10.0. The van der Waals surface area contributed by atoms with Crippen molar-refractivity contribution in [2.45, 2.75) is 23.1 Å². The van der Waals surface area contributed by atoms with E-state index in [4.69, 9.17) is 4.74 Å². The summed E-state index contributed by atoms with van der Waals surface area (Å²) in [6.45, 7) is 2.03. The van der Waals surface area contributed by atoms with Crippen molar-refractivity contribution >= 4 is 23.5 Å². The second-order valence-electron chi connectivity index (χ2n) is 6.45. The van der Waals surface area contributed by atoms with Crippen LogP contribution in [0.4, 0.5) is 0 Å². The number of carbonyl (C=O) groups is 2. The minimum atomic E-state index is -0.352. The van der Waals surface area contributed by atoms with E-state index in [2.05, 4.69) is 12.1 Å². The van der Waals surface area contributed by atoms with Crippen molar-refractivity contribution in [3.8, 4) is 0 Å². The first-order valence-corrected chi connectivity index (χ1v) is 10.2. The van der Waals surface area contributed by atoms with Gasteiger partial charge < -0.3 is 4.74 Å². The third-order valence-electron chi connectivity index (χ3n) is 4.26. The Balaban J connectivity index is 1.50. The molecule has 0 heterocycles. The van der Waals surface area contributed by atoms with Gasteiger partial charge in [0.2, 0.25) is 0 Å². The van der Waals surface area contributed by atoms with Gasteiger partial charge in [0.1, 0.15) is 0 Å². The number of rotatable bonds is 8. The van der Waals surface area contributed by atoms with Gasteiger partial charge in [-0.1, -0.05) is 54.2 Å². The van der Waals surface area contributed by atoms with Crippen LogP contribution in [0.3, 0.4) is 0 Å². The zero-order chi connectivity index (χ0) is 20.5. The van der Waals surface area contributed by atoms with Gasteiger partial charge in [0.05, 0.1) is 12.2 Å². The number of Topliss-reactive ketones (excluding diaryl/α,β-unsaturated/α-hetero) is 1. The van der Waals surface area contributed by atoms with Crippen LogP contribution >= 0.6 is 11.8 Å². The highest BCUT2D eigenvalue weighted by molar-refractivity contribution is 7.99. The first-order chi connectivity index (χ1) is 14.1. The van der Waals surface area contributed by atoms with E-state index in [1.54, 1.807) is 43.0 Å². The van der Waals surface area contributed by atoms with Gasteiger partial charge in [-0.25, -0.2) is 4.79 Å². The largest absolute Gasteiger partial charge is 0.462 e.